The monoisotopic (exact) mass is 298 g/mol. The van der Waals surface area contributed by atoms with Crippen LogP contribution in [0.15, 0.2) is 18.2 Å². The van der Waals surface area contributed by atoms with Crippen LogP contribution in [0.5, 0.6) is 5.75 Å². The number of ether oxygens (including phenoxy) is 1. The Bertz CT molecular complexity index is 452. The average molecular weight is 298 g/mol. The zero-order valence-corrected chi connectivity index (χ0v) is 13.6. The topological polar surface area (TPSA) is 44.7 Å². The van der Waals surface area contributed by atoms with Crippen LogP contribution in [0.1, 0.15) is 31.9 Å². The molecule has 120 valence electrons. The second kappa shape index (κ2) is 7.73. The number of rotatable bonds is 8. The van der Waals surface area contributed by atoms with Crippen molar-refractivity contribution in [2.45, 2.75) is 31.8 Å². The van der Waals surface area contributed by atoms with Crippen molar-refractivity contribution in [3.63, 3.8) is 0 Å². The first-order valence-electron chi connectivity index (χ1n) is 7.19. The molecule has 1 unspecified atom stereocenters. The predicted octanol–water partition coefficient (Wildman–Crippen LogP) is 2.19. The lowest BCUT2D eigenvalue weighted by atomic mass is 9.99. The van der Waals surface area contributed by atoms with Crippen LogP contribution in [0, 0.1) is 5.82 Å². The van der Waals surface area contributed by atoms with Gasteiger partial charge in [-0.15, -0.1) is 0 Å². The van der Waals surface area contributed by atoms with E-state index in [4.69, 9.17) is 4.74 Å². The van der Waals surface area contributed by atoms with Gasteiger partial charge >= 0.3 is 0 Å². The van der Waals surface area contributed by atoms with E-state index in [1.165, 1.54) is 6.07 Å². The first-order chi connectivity index (χ1) is 9.87. The smallest absolute Gasteiger partial charge is 0.131 e. The molecule has 1 atom stereocenters. The molecular weight excluding hydrogens is 271 g/mol. The summed E-state index contributed by atoms with van der Waals surface area (Å²) >= 11 is 0. The normalized spacial score (nSPS) is 13.5. The molecule has 0 amide bonds. The van der Waals surface area contributed by atoms with Gasteiger partial charge in [0.1, 0.15) is 11.6 Å². The van der Waals surface area contributed by atoms with Crippen molar-refractivity contribution in [3.8, 4) is 5.75 Å². The minimum Gasteiger partial charge on any atom is -0.496 e. The summed E-state index contributed by atoms with van der Waals surface area (Å²) < 4.78 is 19.4. The summed E-state index contributed by atoms with van der Waals surface area (Å²) in [6.45, 7) is 4.77. The molecule has 0 saturated carbocycles. The number of nitrogens with one attached hydrogen (secondary N) is 1. The van der Waals surface area contributed by atoms with Crippen LogP contribution in [-0.4, -0.2) is 49.9 Å². The lowest BCUT2D eigenvalue weighted by Crippen LogP contribution is -2.45. The van der Waals surface area contributed by atoms with Gasteiger partial charge in [-0.05, 0) is 46.5 Å². The maximum Gasteiger partial charge on any atom is 0.131 e. The average Bonchev–Trinajstić information content (AvgIpc) is 2.48. The highest BCUT2D eigenvalue weighted by Crippen LogP contribution is 2.30. The van der Waals surface area contributed by atoms with Gasteiger partial charge in [-0.3, -0.25) is 4.90 Å². The third-order valence-electron chi connectivity index (χ3n) is 4.10. The molecule has 0 aliphatic heterocycles. The molecule has 1 rings (SSSR count). The second-order valence-electron chi connectivity index (χ2n) is 5.88. The van der Waals surface area contributed by atoms with E-state index in [1.54, 1.807) is 19.2 Å². The molecule has 0 radical (unpaired) electrons. The van der Waals surface area contributed by atoms with E-state index in [0.717, 1.165) is 6.54 Å². The molecule has 0 aliphatic carbocycles. The van der Waals surface area contributed by atoms with E-state index >= 15 is 0 Å². The van der Waals surface area contributed by atoms with Gasteiger partial charge in [-0.25, -0.2) is 4.39 Å². The van der Waals surface area contributed by atoms with Crippen molar-refractivity contribution in [1.82, 2.24) is 10.2 Å². The van der Waals surface area contributed by atoms with E-state index in [1.807, 2.05) is 27.9 Å². The van der Waals surface area contributed by atoms with Gasteiger partial charge in [0.25, 0.3) is 0 Å². The molecule has 0 aliphatic rings. The number of aliphatic hydroxyl groups excluding tert-OH is 1. The molecule has 21 heavy (non-hydrogen) atoms. The Balaban J connectivity index is 2.86. The summed E-state index contributed by atoms with van der Waals surface area (Å²) in [5, 5.41) is 12.5. The quantitative estimate of drug-likeness (QED) is 0.772. The van der Waals surface area contributed by atoms with Crippen molar-refractivity contribution >= 4 is 0 Å². The first kappa shape index (κ1) is 17.9. The highest BCUT2D eigenvalue weighted by Gasteiger charge is 2.25. The van der Waals surface area contributed by atoms with E-state index in [0.29, 0.717) is 17.7 Å². The summed E-state index contributed by atoms with van der Waals surface area (Å²) in [6.07, 6.45) is 0.716. The Morgan fingerprint density at radius 3 is 2.62 bits per heavy atom. The maximum absolute atomic E-state index is 14.1. The summed E-state index contributed by atoms with van der Waals surface area (Å²) in [5.74, 6) is 0.288. The van der Waals surface area contributed by atoms with Crippen molar-refractivity contribution in [2.75, 3.05) is 34.4 Å². The molecule has 1 aromatic rings. The molecule has 0 spiro atoms. The number of aliphatic hydroxyl groups is 1. The van der Waals surface area contributed by atoms with Crippen LogP contribution >= 0.6 is 0 Å². The molecule has 0 saturated heterocycles. The van der Waals surface area contributed by atoms with E-state index < -0.39 is 0 Å². The minimum atomic E-state index is -0.294. The van der Waals surface area contributed by atoms with Crippen molar-refractivity contribution in [1.29, 1.82) is 0 Å². The molecule has 1 aromatic carbocycles. The fraction of sp³-hybridized carbons (Fsp3) is 0.625. The fourth-order valence-corrected chi connectivity index (χ4v) is 2.21. The maximum atomic E-state index is 14.1. The number of methoxy groups -OCH3 is 1. The van der Waals surface area contributed by atoms with Crippen LogP contribution in [-0.2, 0) is 0 Å². The summed E-state index contributed by atoms with van der Waals surface area (Å²) in [7, 11) is 5.32. The van der Waals surface area contributed by atoms with Gasteiger partial charge in [-0.2, -0.15) is 0 Å². The molecule has 0 fully saturated rings. The molecule has 5 heteroatoms. The Hall–Kier alpha value is -1.17. The lowest BCUT2D eigenvalue weighted by Gasteiger charge is -2.35. The molecule has 0 bridgehead atoms. The van der Waals surface area contributed by atoms with E-state index in [-0.39, 0.29) is 24.0 Å². The van der Waals surface area contributed by atoms with Crippen molar-refractivity contribution in [2.24, 2.45) is 0 Å². The van der Waals surface area contributed by atoms with Crippen LogP contribution in [0.3, 0.4) is 0 Å². The highest BCUT2D eigenvalue weighted by atomic mass is 19.1. The number of hydrogen-bond donors (Lipinski definition) is 2. The van der Waals surface area contributed by atoms with E-state index in [9.17, 15) is 9.50 Å². The van der Waals surface area contributed by atoms with Crippen LogP contribution in [0.25, 0.3) is 0 Å². The van der Waals surface area contributed by atoms with Gasteiger partial charge in [0.15, 0.2) is 0 Å². The Morgan fingerprint density at radius 2 is 2.10 bits per heavy atom. The third kappa shape index (κ3) is 4.40. The summed E-state index contributed by atoms with van der Waals surface area (Å²) in [4.78, 5) is 2.07. The van der Waals surface area contributed by atoms with Gasteiger partial charge in [-0.1, -0.05) is 6.07 Å². The summed E-state index contributed by atoms with van der Waals surface area (Å²) in [6, 6.07) is 4.72. The number of benzene rings is 1. The SMILES string of the molecule is CNC(CCN(C)C(C)(C)CO)c1c(F)cccc1OC. The number of hydrogen-bond acceptors (Lipinski definition) is 4. The summed E-state index contributed by atoms with van der Waals surface area (Å²) in [5.41, 5.74) is 0.259. The molecule has 0 heterocycles. The fourth-order valence-electron chi connectivity index (χ4n) is 2.21. The second-order valence-corrected chi connectivity index (χ2v) is 5.88. The number of likely N-dealkylation sites (N-methyl/N-ethyl adjacent to an activating group) is 1. The molecular formula is C16H27FN2O2. The third-order valence-corrected chi connectivity index (χ3v) is 4.10. The molecule has 2 N–H and O–H groups in total. The van der Waals surface area contributed by atoms with Gasteiger partial charge in [0.05, 0.1) is 13.7 Å². The van der Waals surface area contributed by atoms with Crippen LogP contribution in [0.2, 0.25) is 0 Å². The van der Waals surface area contributed by atoms with Crippen molar-refractivity contribution in [3.05, 3.63) is 29.6 Å². The number of nitrogens with zero attached hydrogens (tertiary/aromatic N) is 1. The van der Waals surface area contributed by atoms with Crippen molar-refractivity contribution < 1.29 is 14.2 Å². The predicted molar refractivity (Wildman–Crippen MR) is 83.2 cm³/mol. The zero-order chi connectivity index (χ0) is 16.0. The molecule has 4 nitrogen and oxygen atoms in total. The standard InChI is InChI=1S/C16H27FN2O2/c1-16(2,11-20)19(4)10-9-13(18-3)15-12(17)7-6-8-14(15)21-5/h6-8,13,18,20H,9-11H2,1-5H3. The van der Waals surface area contributed by atoms with Gasteiger partial charge < -0.3 is 15.2 Å². The largest absolute Gasteiger partial charge is 0.496 e. The van der Waals surface area contributed by atoms with Gasteiger partial charge in [0, 0.05) is 23.7 Å². The van der Waals surface area contributed by atoms with Gasteiger partial charge in [0.2, 0.25) is 0 Å². The van der Waals surface area contributed by atoms with Crippen LogP contribution in [0.4, 0.5) is 4.39 Å². The van der Waals surface area contributed by atoms with E-state index in [2.05, 4.69) is 10.2 Å². The van der Waals surface area contributed by atoms with Crippen LogP contribution < -0.4 is 10.1 Å². The number of halogens is 1. The molecule has 0 aromatic heterocycles. The lowest BCUT2D eigenvalue weighted by molar-refractivity contribution is 0.0758. The Labute approximate surface area is 126 Å². The minimum absolute atomic E-state index is 0.0801. The highest BCUT2D eigenvalue weighted by molar-refractivity contribution is 5.37. The first-order valence-corrected chi connectivity index (χ1v) is 7.19. The Kier molecular flexibility index (Phi) is 6.58. The Morgan fingerprint density at radius 1 is 1.43 bits per heavy atom. The zero-order valence-electron chi connectivity index (χ0n) is 13.6.